The van der Waals surface area contributed by atoms with E-state index < -0.39 is 0 Å². The van der Waals surface area contributed by atoms with Gasteiger partial charge >= 0.3 is 0 Å². The first kappa shape index (κ1) is 8.50. The molecular weight excluding hydrogens is 136 g/mol. The molecule has 9 heavy (non-hydrogen) atoms. The third kappa shape index (κ3) is 2.51. The van der Waals surface area contributed by atoms with Gasteiger partial charge < -0.3 is 0 Å². The maximum atomic E-state index is 4.02. The Morgan fingerprint density at radius 2 is 2.33 bits per heavy atom. The zero-order chi connectivity index (χ0) is 5.82. The molecule has 0 aliphatic rings. The standard InChI is InChI=1S/C6H10N2.ClH/c1-2-5-8-6-3-4-7-8;/h3-4,6H,2,5H2,1H3;1H. The van der Waals surface area contributed by atoms with E-state index in [1.807, 2.05) is 16.9 Å². The summed E-state index contributed by atoms with van der Waals surface area (Å²) in [5, 5.41) is 4.02. The molecule has 0 spiro atoms. The molecule has 0 bridgehead atoms. The van der Waals surface area contributed by atoms with Crippen LogP contribution in [0.15, 0.2) is 18.5 Å². The minimum Gasteiger partial charge on any atom is -0.273 e. The lowest BCUT2D eigenvalue weighted by molar-refractivity contribution is 0.603. The summed E-state index contributed by atoms with van der Waals surface area (Å²) in [6, 6.07) is 1.94. The minimum atomic E-state index is 0. The number of aryl methyl sites for hydroxylation is 1. The zero-order valence-electron chi connectivity index (χ0n) is 5.45. The van der Waals surface area contributed by atoms with Gasteiger partial charge in [0.05, 0.1) is 0 Å². The summed E-state index contributed by atoms with van der Waals surface area (Å²) in [4.78, 5) is 0. The van der Waals surface area contributed by atoms with E-state index in [1.54, 1.807) is 6.20 Å². The van der Waals surface area contributed by atoms with Gasteiger partial charge in [0.15, 0.2) is 0 Å². The van der Waals surface area contributed by atoms with Gasteiger partial charge in [-0.3, -0.25) is 4.68 Å². The van der Waals surface area contributed by atoms with Crippen LogP contribution in [0.4, 0.5) is 0 Å². The van der Waals surface area contributed by atoms with Crippen LogP contribution in [0.2, 0.25) is 0 Å². The van der Waals surface area contributed by atoms with Gasteiger partial charge in [-0.2, -0.15) is 5.10 Å². The second kappa shape index (κ2) is 4.39. The summed E-state index contributed by atoms with van der Waals surface area (Å²) in [5.74, 6) is 0. The molecule has 0 aliphatic heterocycles. The van der Waals surface area contributed by atoms with Crippen LogP contribution in [0.5, 0.6) is 0 Å². The van der Waals surface area contributed by atoms with E-state index >= 15 is 0 Å². The molecule has 0 saturated carbocycles. The van der Waals surface area contributed by atoms with Crippen molar-refractivity contribution >= 4 is 12.4 Å². The minimum absolute atomic E-state index is 0. The van der Waals surface area contributed by atoms with Crippen molar-refractivity contribution in [2.75, 3.05) is 0 Å². The van der Waals surface area contributed by atoms with Crippen molar-refractivity contribution in [2.24, 2.45) is 0 Å². The van der Waals surface area contributed by atoms with Crippen LogP contribution in [0.3, 0.4) is 0 Å². The Morgan fingerprint density at radius 3 is 2.78 bits per heavy atom. The van der Waals surface area contributed by atoms with Crippen molar-refractivity contribution in [1.29, 1.82) is 0 Å². The van der Waals surface area contributed by atoms with E-state index in [9.17, 15) is 0 Å². The van der Waals surface area contributed by atoms with Crippen molar-refractivity contribution in [1.82, 2.24) is 9.78 Å². The lowest BCUT2D eigenvalue weighted by Gasteiger charge is -1.92. The van der Waals surface area contributed by atoms with E-state index in [4.69, 9.17) is 0 Å². The molecular formula is C6H11ClN2. The van der Waals surface area contributed by atoms with Crippen molar-refractivity contribution in [3.8, 4) is 0 Å². The summed E-state index contributed by atoms with van der Waals surface area (Å²) >= 11 is 0. The lowest BCUT2D eigenvalue weighted by Crippen LogP contribution is -1.95. The normalized spacial score (nSPS) is 8.56. The Morgan fingerprint density at radius 1 is 1.56 bits per heavy atom. The highest BCUT2D eigenvalue weighted by Crippen LogP contribution is 1.85. The molecule has 0 radical (unpaired) electrons. The molecule has 0 N–H and O–H groups in total. The molecule has 1 aromatic heterocycles. The van der Waals surface area contributed by atoms with Crippen molar-refractivity contribution in [3.63, 3.8) is 0 Å². The molecule has 0 unspecified atom stereocenters. The first-order valence-corrected chi connectivity index (χ1v) is 2.91. The summed E-state index contributed by atoms with van der Waals surface area (Å²) in [7, 11) is 0. The summed E-state index contributed by atoms with van der Waals surface area (Å²) < 4.78 is 1.93. The highest BCUT2D eigenvalue weighted by atomic mass is 35.5. The number of nitrogens with zero attached hydrogens (tertiary/aromatic N) is 2. The van der Waals surface area contributed by atoms with E-state index in [-0.39, 0.29) is 12.4 Å². The van der Waals surface area contributed by atoms with Crippen molar-refractivity contribution < 1.29 is 0 Å². The van der Waals surface area contributed by atoms with E-state index in [0.29, 0.717) is 0 Å². The molecule has 0 atom stereocenters. The van der Waals surface area contributed by atoms with Crippen LogP contribution >= 0.6 is 12.4 Å². The fraction of sp³-hybridized carbons (Fsp3) is 0.500. The van der Waals surface area contributed by atoms with E-state index in [1.165, 1.54) is 0 Å². The summed E-state index contributed by atoms with van der Waals surface area (Å²) in [6.07, 6.45) is 4.93. The number of hydrogen-bond donors (Lipinski definition) is 0. The van der Waals surface area contributed by atoms with Crippen LogP contribution in [0, 0.1) is 0 Å². The SMILES string of the molecule is CCCn1cccn1.Cl. The number of aromatic nitrogens is 2. The molecule has 0 fully saturated rings. The number of rotatable bonds is 2. The van der Waals surface area contributed by atoms with Crippen molar-refractivity contribution in [3.05, 3.63) is 18.5 Å². The Labute approximate surface area is 61.3 Å². The smallest absolute Gasteiger partial charge is 0.0489 e. The van der Waals surface area contributed by atoms with E-state index in [0.717, 1.165) is 13.0 Å². The van der Waals surface area contributed by atoms with Gasteiger partial charge in [0.2, 0.25) is 0 Å². The van der Waals surface area contributed by atoms with Crippen LogP contribution < -0.4 is 0 Å². The third-order valence-corrected chi connectivity index (χ3v) is 1.01. The molecule has 0 aliphatic carbocycles. The van der Waals surface area contributed by atoms with Gasteiger partial charge in [-0.25, -0.2) is 0 Å². The van der Waals surface area contributed by atoms with Crippen LogP contribution in [0.1, 0.15) is 13.3 Å². The largest absolute Gasteiger partial charge is 0.273 e. The van der Waals surface area contributed by atoms with Gasteiger partial charge in [-0.1, -0.05) is 6.92 Å². The molecule has 0 aromatic carbocycles. The molecule has 2 nitrogen and oxygen atoms in total. The van der Waals surface area contributed by atoms with Gasteiger partial charge in [0, 0.05) is 18.9 Å². The average molecular weight is 147 g/mol. The van der Waals surface area contributed by atoms with Crippen LogP contribution in [0.25, 0.3) is 0 Å². The quantitative estimate of drug-likeness (QED) is 0.621. The van der Waals surface area contributed by atoms with Gasteiger partial charge in [0.25, 0.3) is 0 Å². The fourth-order valence-electron chi connectivity index (χ4n) is 0.662. The molecule has 1 rings (SSSR count). The Balaban J connectivity index is 0.000000640. The third-order valence-electron chi connectivity index (χ3n) is 1.01. The first-order chi connectivity index (χ1) is 3.93. The highest BCUT2D eigenvalue weighted by molar-refractivity contribution is 5.85. The number of halogens is 1. The highest BCUT2D eigenvalue weighted by Gasteiger charge is 1.82. The Hall–Kier alpha value is -0.500. The second-order valence-electron chi connectivity index (χ2n) is 1.77. The molecule has 52 valence electrons. The van der Waals surface area contributed by atoms with Gasteiger partial charge in [-0.05, 0) is 12.5 Å². The predicted molar refractivity (Wildman–Crippen MR) is 39.8 cm³/mol. The summed E-state index contributed by atoms with van der Waals surface area (Å²) in [6.45, 7) is 3.18. The molecule has 0 saturated heterocycles. The molecule has 3 heteroatoms. The molecule has 0 amide bonds. The van der Waals surface area contributed by atoms with Crippen LogP contribution in [-0.4, -0.2) is 9.78 Å². The Kier molecular flexibility index (Phi) is 4.14. The van der Waals surface area contributed by atoms with Crippen molar-refractivity contribution in [2.45, 2.75) is 19.9 Å². The second-order valence-corrected chi connectivity index (χ2v) is 1.77. The fourth-order valence-corrected chi connectivity index (χ4v) is 0.662. The topological polar surface area (TPSA) is 17.8 Å². The maximum Gasteiger partial charge on any atom is 0.0489 e. The van der Waals surface area contributed by atoms with Gasteiger partial charge in [0.1, 0.15) is 0 Å². The summed E-state index contributed by atoms with van der Waals surface area (Å²) in [5.41, 5.74) is 0. The monoisotopic (exact) mass is 146 g/mol. The lowest BCUT2D eigenvalue weighted by atomic mass is 10.5. The molecule has 1 aromatic rings. The molecule has 1 heterocycles. The van der Waals surface area contributed by atoms with Gasteiger partial charge in [-0.15, -0.1) is 12.4 Å². The zero-order valence-corrected chi connectivity index (χ0v) is 6.27. The maximum absolute atomic E-state index is 4.02. The first-order valence-electron chi connectivity index (χ1n) is 2.91. The predicted octanol–water partition coefficient (Wildman–Crippen LogP) is 1.71. The van der Waals surface area contributed by atoms with Crippen LogP contribution in [-0.2, 0) is 6.54 Å². The number of hydrogen-bond acceptors (Lipinski definition) is 1. The average Bonchev–Trinajstić information content (AvgIpc) is 2.19. The van der Waals surface area contributed by atoms with E-state index in [2.05, 4.69) is 12.0 Å². The Bertz CT molecular complexity index is 137.